The monoisotopic (exact) mass is 146 g/mol. The van der Waals surface area contributed by atoms with Crippen molar-refractivity contribution in [3.63, 3.8) is 0 Å². The number of aliphatic hydroxyl groups excluding tert-OH is 1. The average Bonchev–Trinajstić information content (AvgIpc) is 2.38. The molecule has 0 aromatic carbocycles. The van der Waals surface area contributed by atoms with Gasteiger partial charge in [0.1, 0.15) is 11.2 Å². The first-order chi connectivity index (χ1) is 4.58. The maximum Gasteiger partial charge on any atom is 0.120 e. The van der Waals surface area contributed by atoms with Crippen molar-refractivity contribution in [3.8, 4) is 0 Å². The molecule has 0 aromatic heterocycles. The Labute approximate surface area is 60.9 Å². The van der Waals surface area contributed by atoms with E-state index in [9.17, 15) is 0 Å². The third kappa shape index (κ3) is 0.944. The summed E-state index contributed by atoms with van der Waals surface area (Å²) in [6.07, 6.45) is 0. The Bertz CT molecular complexity index is 133. The highest BCUT2D eigenvalue weighted by Gasteiger charge is 2.63. The van der Waals surface area contributed by atoms with Gasteiger partial charge in [0.25, 0.3) is 0 Å². The van der Waals surface area contributed by atoms with Crippen LogP contribution in [-0.4, -0.2) is 36.6 Å². The number of epoxide rings is 1. The molecule has 3 heteroatoms. The van der Waals surface area contributed by atoms with Crippen molar-refractivity contribution in [2.45, 2.75) is 25.0 Å². The number of hydrogen-bond donors (Lipinski definition) is 1. The van der Waals surface area contributed by atoms with Crippen LogP contribution in [0.4, 0.5) is 0 Å². The van der Waals surface area contributed by atoms with E-state index in [1.807, 2.05) is 13.8 Å². The predicted molar refractivity (Wildman–Crippen MR) is 36.9 cm³/mol. The van der Waals surface area contributed by atoms with Gasteiger partial charge < -0.3 is 14.6 Å². The van der Waals surface area contributed by atoms with E-state index in [-0.39, 0.29) is 17.8 Å². The van der Waals surface area contributed by atoms with Crippen LogP contribution in [0.1, 0.15) is 13.8 Å². The van der Waals surface area contributed by atoms with Crippen molar-refractivity contribution in [1.29, 1.82) is 0 Å². The normalized spacial score (nSPS) is 45.6. The molecule has 0 amide bonds. The van der Waals surface area contributed by atoms with Gasteiger partial charge in [0.15, 0.2) is 0 Å². The highest BCUT2D eigenvalue weighted by atomic mass is 16.7. The van der Waals surface area contributed by atoms with Crippen LogP contribution in [0.25, 0.3) is 0 Å². The summed E-state index contributed by atoms with van der Waals surface area (Å²) < 4.78 is 10.2. The zero-order valence-electron chi connectivity index (χ0n) is 6.68. The van der Waals surface area contributed by atoms with Crippen LogP contribution < -0.4 is 0 Å². The molecule has 1 fully saturated rings. The topological polar surface area (TPSA) is 42.0 Å². The van der Waals surface area contributed by atoms with Crippen LogP contribution in [0.15, 0.2) is 0 Å². The van der Waals surface area contributed by atoms with Crippen molar-refractivity contribution in [3.05, 3.63) is 0 Å². The van der Waals surface area contributed by atoms with Crippen LogP contribution in [0.3, 0.4) is 0 Å². The number of ether oxygens (including phenoxy) is 2. The molecule has 1 aliphatic heterocycles. The lowest BCUT2D eigenvalue weighted by molar-refractivity contribution is 0.129. The summed E-state index contributed by atoms with van der Waals surface area (Å²) in [5, 5.41) is 8.85. The van der Waals surface area contributed by atoms with Gasteiger partial charge in [-0.25, -0.2) is 0 Å². The second-order valence-corrected chi connectivity index (χ2v) is 3.15. The Balaban J connectivity index is 2.46. The van der Waals surface area contributed by atoms with Gasteiger partial charge in [0.05, 0.1) is 13.2 Å². The molecule has 0 radical (unpaired) electrons. The molecule has 1 rings (SSSR count). The summed E-state index contributed by atoms with van der Waals surface area (Å²) in [6.45, 7) is 4.43. The molecule has 1 aliphatic rings. The van der Waals surface area contributed by atoms with Gasteiger partial charge in [-0.05, 0) is 13.8 Å². The zero-order valence-corrected chi connectivity index (χ0v) is 6.68. The van der Waals surface area contributed by atoms with E-state index in [4.69, 9.17) is 14.6 Å². The van der Waals surface area contributed by atoms with Gasteiger partial charge in [0.2, 0.25) is 0 Å². The molecular weight excluding hydrogens is 132 g/mol. The third-order valence-electron chi connectivity index (χ3n) is 2.25. The SMILES string of the molecule is COCC1(C)OC1(C)CO. The molecule has 1 heterocycles. The van der Waals surface area contributed by atoms with Gasteiger partial charge in [-0.3, -0.25) is 0 Å². The van der Waals surface area contributed by atoms with Crippen LogP contribution in [-0.2, 0) is 9.47 Å². The highest BCUT2D eigenvalue weighted by molar-refractivity contribution is 5.10. The van der Waals surface area contributed by atoms with Crippen molar-refractivity contribution in [2.75, 3.05) is 20.3 Å². The molecule has 10 heavy (non-hydrogen) atoms. The zero-order chi connectivity index (χ0) is 7.83. The van der Waals surface area contributed by atoms with E-state index in [1.54, 1.807) is 7.11 Å². The van der Waals surface area contributed by atoms with Crippen LogP contribution in [0.5, 0.6) is 0 Å². The van der Waals surface area contributed by atoms with Crippen LogP contribution in [0.2, 0.25) is 0 Å². The highest BCUT2D eigenvalue weighted by Crippen LogP contribution is 2.47. The molecule has 0 spiro atoms. The average molecular weight is 146 g/mol. The maximum absolute atomic E-state index is 8.85. The Morgan fingerprint density at radius 2 is 2.00 bits per heavy atom. The number of rotatable bonds is 3. The van der Waals surface area contributed by atoms with Crippen molar-refractivity contribution >= 4 is 0 Å². The van der Waals surface area contributed by atoms with Gasteiger partial charge in [-0.2, -0.15) is 0 Å². The van der Waals surface area contributed by atoms with Gasteiger partial charge in [-0.1, -0.05) is 0 Å². The fourth-order valence-corrected chi connectivity index (χ4v) is 1.13. The van der Waals surface area contributed by atoms with E-state index >= 15 is 0 Å². The predicted octanol–water partition coefficient (Wildman–Crippen LogP) is 0.173. The molecule has 2 atom stereocenters. The molecule has 1 N–H and O–H groups in total. The lowest BCUT2D eigenvalue weighted by Gasteiger charge is -2.07. The van der Waals surface area contributed by atoms with E-state index in [0.717, 1.165) is 0 Å². The molecular formula is C7H14O3. The van der Waals surface area contributed by atoms with Crippen molar-refractivity contribution in [1.82, 2.24) is 0 Å². The van der Waals surface area contributed by atoms with Gasteiger partial charge >= 0.3 is 0 Å². The van der Waals surface area contributed by atoms with E-state index < -0.39 is 0 Å². The summed E-state index contributed by atoms with van der Waals surface area (Å²) in [5.41, 5.74) is -0.639. The Morgan fingerprint density at radius 1 is 1.40 bits per heavy atom. The minimum Gasteiger partial charge on any atom is -0.393 e. The molecule has 2 unspecified atom stereocenters. The van der Waals surface area contributed by atoms with Crippen LogP contribution >= 0.6 is 0 Å². The summed E-state index contributed by atoms with van der Waals surface area (Å²) in [5.74, 6) is 0. The second kappa shape index (κ2) is 2.19. The van der Waals surface area contributed by atoms with E-state index in [0.29, 0.717) is 6.61 Å². The minimum atomic E-state index is -0.372. The van der Waals surface area contributed by atoms with Gasteiger partial charge in [0, 0.05) is 7.11 Å². The first-order valence-electron chi connectivity index (χ1n) is 3.38. The number of methoxy groups -OCH3 is 1. The lowest BCUT2D eigenvalue weighted by atomic mass is 9.98. The maximum atomic E-state index is 8.85. The molecule has 0 saturated carbocycles. The second-order valence-electron chi connectivity index (χ2n) is 3.15. The lowest BCUT2D eigenvalue weighted by Crippen LogP contribution is -2.27. The minimum absolute atomic E-state index is 0.0624. The number of aliphatic hydroxyl groups is 1. The third-order valence-corrected chi connectivity index (χ3v) is 2.25. The van der Waals surface area contributed by atoms with Crippen molar-refractivity contribution in [2.24, 2.45) is 0 Å². The summed E-state index contributed by atoms with van der Waals surface area (Å²) >= 11 is 0. The van der Waals surface area contributed by atoms with E-state index in [1.165, 1.54) is 0 Å². The summed E-state index contributed by atoms with van der Waals surface area (Å²) in [6, 6.07) is 0. The molecule has 0 aromatic rings. The molecule has 1 saturated heterocycles. The fourth-order valence-electron chi connectivity index (χ4n) is 1.13. The number of hydrogen-bond acceptors (Lipinski definition) is 3. The quantitative estimate of drug-likeness (QED) is 0.577. The first-order valence-corrected chi connectivity index (χ1v) is 3.38. The fraction of sp³-hybridized carbons (Fsp3) is 1.00. The standard InChI is InChI=1S/C7H14O3/c1-6(4-8)7(2,10-6)5-9-3/h8H,4-5H2,1-3H3. The smallest absolute Gasteiger partial charge is 0.120 e. The van der Waals surface area contributed by atoms with E-state index in [2.05, 4.69) is 0 Å². The Kier molecular flexibility index (Phi) is 1.75. The molecule has 0 bridgehead atoms. The largest absolute Gasteiger partial charge is 0.393 e. The molecule has 0 aliphatic carbocycles. The Hall–Kier alpha value is -0.120. The first kappa shape index (κ1) is 7.98. The summed E-state index contributed by atoms with van der Waals surface area (Å²) in [4.78, 5) is 0. The Morgan fingerprint density at radius 3 is 2.30 bits per heavy atom. The molecule has 60 valence electrons. The summed E-state index contributed by atoms with van der Waals surface area (Å²) in [7, 11) is 1.63. The van der Waals surface area contributed by atoms with Gasteiger partial charge in [-0.15, -0.1) is 0 Å². The molecule has 3 nitrogen and oxygen atoms in total. The van der Waals surface area contributed by atoms with Crippen LogP contribution in [0, 0.1) is 0 Å². The van der Waals surface area contributed by atoms with Crippen molar-refractivity contribution < 1.29 is 14.6 Å².